The van der Waals surface area contributed by atoms with Crippen LogP contribution in [0.4, 0.5) is 4.79 Å². The number of carbonyl (C=O) groups is 2. The Kier molecular flexibility index (Phi) is 3.95. The number of nitrogens with one attached hydrogen (secondary N) is 1. The number of nitrogens with zero attached hydrogens (tertiary/aromatic N) is 1. The molecular weight excluding hydrogens is 240 g/mol. The van der Waals surface area contributed by atoms with Crippen LogP contribution in [0.15, 0.2) is 10.8 Å². The van der Waals surface area contributed by atoms with Crippen LogP contribution in [0, 0.1) is 0 Å². The van der Waals surface area contributed by atoms with Gasteiger partial charge in [-0.1, -0.05) is 0 Å². The van der Waals surface area contributed by atoms with Gasteiger partial charge in [-0.2, -0.15) is 0 Å². The fraction of sp³-hybridized carbons (Fsp3) is 0.545. The number of hydrogen-bond acceptors (Lipinski definition) is 5. The van der Waals surface area contributed by atoms with E-state index in [2.05, 4.69) is 10.3 Å². The quantitative estimate of drug-likeness (QED) is 0.857. The van der Waals surface area contributed by atoms with Gasteiger partial charge in [0.05, 0.1) is 6.04 Å². The van der Waals surface area contributed by atoms with Crippen molar-refractivity contribution in [2.45, 2.75) is 39.3 Å². The summed E-state index contributed by atoms with van der Waals surface area (Å²) < 4.78 is 10.0. The molecule has 0 fully saturated rings. The van der Waals surface area contributed by atoms with E-state index < -0.39 is 23.7 Å². The number of rotatable bonds is 3. The Morgan fingerprint density at radius 2 is 2.11 bits per heavy atom. The molecule has 1 aromatic heterocycles. The average molecular weight is 256 g/mol. The Bertz CT molecular complexity index is 447. The predicted molar refractivity (Wildman–Crippen MR) is 61.2 cm³/mol. The molecule has 0 radical (unpaired) electrons. The van der Waals surface area contributed by atoms with Crippen LogP contribution in [-0.4, -0.2) is 27.8 Å². The number of alkyl carbamates (subject to hydrolysis) is 1. The van der Waals surface area contributed by atoms with E-state index in [9.17, 15) is 9.59 Å². The SMILES string of the molecule is CC(NC(=O)OC(C)(C)C)c1ocnc1C(=O)O. The van der Waals surface area contributed by atoms with Crippen molar-refractivity contribution in [1.29, 1.82) is 0 Å². The van der Waals surface area contributed by atoms with Crippen molar-refractivity contribution in [1.82, 2.24) is 10.3 Å². The van der Waals surface area contributed by atoms with Gasteiger partial charge in [-0.05, 0) is 27.7 Å². The number of amides is 1. The third kappa shape index (κ3) is 3.76. The first-order valence-electron chi connectivity index (χ1n) is 5.37. The van der Waals surface area contributed by atoms with E-state index in [0.29, 0.717) is 0 Å². The molecule has 0 aliphatic carbocycles. The van der Waals surface area contributed by atoms with Crippen molar-refractivity contribution in [3.8, 4) is 0 Å². The summed E-state index contributed by atoms with van der Waals surface area (Å²) in [5.74, 6) is -1.13. The molecule has 0 saturated carbocycles. The number of ether oxygens (including phenoxy) is 1. The molecule has 0 bridgehead atoms. The van der Waals surface area contributed by atoms with Gasteiger partial charge in [0.2, 0.25) is 0 Å². The number of aromatic nitrogens is 1. The van der Waals surface area contributed by atoms with Crippen molar-refractivity contribution in [2.24, 2.45) is 0 Å². The van der Waals surface area contributed by atoms with Crippen LogP contribution < -0.4 is 5.32 Å². The first-order valence-corrected chi connectivity index (χ1v) is 5.37. The zero-order valence-electron chi connectivity index (χ0n) is 10.7. The highest BCUT2D eigenvalue weighted by molar-refractivity contribution is 5.86. The van der Waals surface area contributed by atoms with Crippen molar-refractivity contribution in [3.63, 3.8) is 0 Å². The molecule has 0 saturated heterocycles. The molecule has 18 heavy (non-hydrogen) atoms. The molecule has 2 N–H and O–H groups in total. The van der Waals surface area contributed by atoms with Gasteiger partial charge in [0, 0.05) is 0 Å². The van der Waals surface area contributed by atoms with E-state index >= 15 is 0 Å². The minimum Gasteiger partial charge on any atom is -0.476 e. The van der Waals surface area contributed by atoms with E-state index in [1.54, 1.807) is 27.7 Å². The standard InChI is InChI=1S/C11H16N2O5/c1-6(13-10(16)18-11(2,3)4)8-7(9(14)15)12-5-17-8/h5-6H,1-4H3,(H,13,16)(H,14,15). The van der Waals surface area contributed by atoms with Crippen LogP contribution in [-0.2, 0) is 4.74 Å². The first kappa shape index (κ1) is 14.0. The third-order valence-electron chi connectivity index (χ3n) is 1.92. The molecule has 1 amide bonds. The molecule has 7 nitrogen and oxygen atoms in total. The molecular formula is C11H16N2O5. The van der Waals surface area contributed by atoms with Crippen molar-refractivity contribution in [2.75, 3.05) is 0 Å². The summed E-state index contributed by atoms with van der Waals surface area (Å²) in [5, 5.41) is 11.3. The Labute approximate surface area is 104 Å². The second-order valence-electron chi connectivity index (χ2n) is 4.74. The summed E-state index contributed by atoms with van der Waals surface area (Å²) in [5.41, 5.74) is -0.848. The molecule has 0 spiro atoms. The highest BCUT2D eigenvalue weighted by Gasteiger charge is 2.24. The maximum Gasteiger partial charge on any atom is 0.408 e. The van der Waals surface area contributed by atoms with Crippen LogP contribution >= 0.6 is 0 Å². The molecule has 100 valence electrons. The Morgan fingerprint density at radius 1 is 1.50 bits per heavy atom. The molecule has 1 unspecified atom stereocenters. The van der Waals surface area contributed by atoms with Gasteiger partial charge in [0.1, 0.15) is 5.60 Å². The zero-order valence-corrected chi connectivity index (χ0v) is 10.7. The van der Waals surface area contributed by atoms with Gasteiger partial charge >= 0.3 is 12.1 Å². The lowest BCUT2D eigenvalue weighted by atomic mass is 10.2. The van der Waals surface area contributed by atoms with E-state index in [-0.39, 0.29) is 11.5 Å². The van der Waals surface area contributed by atoms with Crippen molar-refractivity contribution in [3.05, 3.63) is 17.8 Å². The normalized spacial score (nSPS) is 12.9. The van der Waals surface area contributed by atoms with Gasteiger partial charge in [0.15, 0.2) is 17.8 Å². The highest BCUT2D eigenvalue weighted by Crippen LogP contribution is 2.17. The minimum atomic E-state index is -1.21. The molecule has 1 rings (SSSR count). The Hall–Kier alpha value is -2.05. The van der Waals surface area contributed by atoms with Gasteiger partial charge in [-0.25, -0.2) is 14.6 Å². The maximum atomic E-state index is 11.5. The van der Waals surface area contributed by atoms with Gasteiger partial charge in [-0.3, -0.25) is 0 Å². The molecule has 0 aliphatic heterocycles. The summed E-state index contributed by atoms with van der Waals surface area (Å²) in [7, 11) is 0. The second kappa shape index (κ2) is 5.07. The number of carboxylic acids is 1. The maximum absolute atomic E-state index is 11.5. The first-order chi connectivity index (χ1) is 8.20. The topological polar surface area (TPSA) is 102 Å². The fourth-order valence-corrected chi connectivity index (χ4v) is 1.27. The van der Waals surface area contributed by atoms with Gasteiger partial charge in [-0.15, -0.1) is 0 Å². The number of hydrogen-bond donors (Lipinski definition) is 2. The van der Waals surface area contributed by atoms with Gasteiger partial charge in [0.25, 0.3) is 0 Å². The van der Waals surface area contributed by atoms with Crippen LogP contribution in [0.1, 0.15) is 50.0 Å². The third-order valence-corrected chi connectivity index (χ3v) is 1.92. The number of oxazole rings is 1. The highest BCUT2D eigenvalue weighted by atomic mass is 16.6. The van der Waals surface area contributed by atoms with E-state index in [1.165, 1.54) is 0 Å². The van der Waals surface area contributed by atoms with Crippen molar-refractivity contribution >= 4 is 12.1 Å². The number of carbonyl (C=O) groups excluding carboxylic acids is 1. The Morgan fingerprint density at radius 3 is 2.61 bits per heavy atom. The number of carboxylic acid groups (broad SMARTS) is 1. The van der Waals surface area contributed by atoms with E-state index in [1.807, 2.05) is 0 Å². The lowest BCUT2D eigenvalue weighted by Gasteiger charge is -2.21. The van der Waals surface area contributed by atoms with Crippen LogP contribution in [0.3, 0.4) is 0 Å². The van der Waals surface area contributed by atoms with Crippen LogP contribution in [0.5, 0.6) is 0 Å². The van der Waals surface area contributed by atoms with Crippen LogP contribution in [0.25, 0.3) is 0 Å². The largest absolute Gasteiger partial charge is 0.476 e. The van der Waals surface area contributed by atoms with Crippen molar-refractivity contribution < 1.29 is 23.8 Å². The molecule has 0 aromatic carbocycles. The lowest BCUT2D eigenvalue weighted by Crippen LogP contribution is -2.34. The molecule has 0 aliphatic rings. The Balaban J connectivity index is 2.71. The average Bonchev–Trinajstić information content (AvgIpc) is 2.61. The summed E-state index contributed by atoms with van der Waals surface area (Å²) >= 11 is 0. The van der Waals surface area contributed by atoms with Gasteiger partial charge < -0.3 is 19.6 Å². The molecule has 1 heterocycles. The van der Waals surface area contributed by atoms with E-state index in [0.717, 1.165) is 6.39 Å². The summed E-state index contributed by atoms with van der Waals surface area (Å²) in [6.45, 7) is 6.77. The number of aromatic carboxylic acids is 1. The fourth-order valence-electron chi connectivity index (χ4n) is 1.27. The summed E-state index contributed by atoms with van der Waals surface area (Å²) in [6.07, 6.45) is 0.370. The lowest BCUT2D eigenvalue weighted by molar-refractivity contribution is 0.0498. The monoisotopic (exact) mass is 256 g/mol. The van der Waals surface area contributed by atoms with E-state index in [4.69, 9.17) is 14.3 Å². The smallest absolute Gasteiger partial charge is 0.408 e. The van der Waals surface area contributed by atoms with Crippen LogP contribution in [0.2, 0.25) is 0 Å². The molecule has 1 aromatic rings. The summed E-state index contributed by atoms with van der Waals surface area (Å²) in [6, 6.07) is -0.645. The second-order valence-corrected chi connectivity index (χ2v) is 4.74. The zero-order chi connectivity index (χ0) is 13.9. The molecule has 1 atom stereocenters. The molecule has 7 heteroatoms. The summed E-state index contributed by atoms with van der Waals surface area (Å²) in [4.78, 5) is 25.9. The minimum absolute atomic E-state index is 0.0772. The predicted octanol–water partition coefficient (Wildman–Crippen LogP) is 1.96.